The van der Waals surface area contributed by atoms with Gasteiger partial charge in [-0.2, -0.15) is 11.3 Å². The van der Waals surface area contributed by atoms with E-state index in [4.69, 9.17) is 0 Å². The highest BCUT2D eigenvalue weighted by Gasteiger charge is 2.31. The molecule has 0 spiro atoms. The van der Waals surface area contributed by atoms with E-state index in [9.17, 15) is 13.2 Å². The van der Waals surface area contributed by atoms with Gasteiger partial charge >= 0.3 is 0 Å². The number of nitrogens with zero attached hydrogens (tertiary/aromatic N) is 1. The van der Waals surface area contributed by atoms with E-state index in [1.54, 1.807) is 11.3 Å². The number of amides is 1. The van der Waals surface area contributed by atoms with Gasteiger partial charge in [-0.25, -0.2) is 8.42 Å². The highest BCUT2D eigenvalue weighted by atomic mass is 32.2. The zero-order valence-corrected chi connectivity index (χ0v) is 14.3. The molecule has 1 saturated heterocycles. The summed E-state index contributed by atoms with van der Waals surface area (Å²) < 4.78 is 23.0. The number of rotatable bonds is 5. The third-order valence-corrected chi connectivity index (χ3v) is 6.20. The molecule has 6 heteroatoms. The molecule has 0 bridgehead atoms. The molecular formula is C15H23NO3S2. The molecule has 1 aromatic rings. The van der Waals surface area contributed by atoms with Crippen molar-refractivity contribution < 1.29 is 13.2 Å². The van der Waals surface area contributed by atoms with E-state index >= 15 is 0 Å². The number of hydrogen-bond acceptors (Lipinski definition) is 4. The first-order chi connectivity index (χ1) is 9.87. The van der Waals surface area contributed by atoms with Crippen LogP contribution in [0.25, 0.3) is 0 Å². The molecule has 2 rings (SSSR count). The van der Waals surface area contributed by atoms with Crippen LogP contribution in [-0.4, -0.2) is 37.3 Å². The van der Waals surface area contributed by atoms with Gasteiger partial charge in [-0.1, -0.05) is 13.8 Å². The van der Waals surface area contributed by atoms with Crippen LogP contribution in [0.5, 0.6) is 0 Å². The maximum Gasteiger partial charge on any atom is 0.226 e. The molecule has 4 nitrogen and oxygen atoms in total. The van der Waals surface area contributed by atoms with Crippen molar-refractivity contribution in [3.8, 4) is 0 Å². The minimum atomic E-state index is -2.92. The number of thiophene rings is 1. The lowest BCUT2D eigenvalue weighted by atomic mass is 10.00. The molecule has 1 amide bonds. The Bertz CT molecular complexity index is 550. The van der Waals surface area contributed by atoms with E-state index in [0.29, 0.717) is 25.3 Å². The lowest BCUT2D eigenvalue weighted by Crippen LogP contribution is -2.41. The molecule has 0 atom stereocenters. The average molecular weight is 329 g/mol. The first kappa shape index (κ1) is 16.5. The van der Waals surface area contributed by atoms with E-state index < -0.39 is 9.84 Å². The molecule has 0 aliphatic carbocycles. The minimum absolute atomic E-state index is 0.116. The van der Waals surface area contributed by atoms with Crippen LogP contribution in [0.2, 0.25) is 0 Å². The number of sulfone groups is 1. The number of carbonyl (C=O) groups excluding carboxylic acids is 1. The van der Waals surface area contributed by atoms with Gasteiger partial charge < -0.3 is 4.90 Å². The van der Waals surface area contributed by atoms with Gasteiger partial charge in [0.15, 0.2) is 0 Å². The first-order valence-electron chi connectivity index (χ1n) is 7.37. The fraction of sp³-hybridized carbons (Fsp3) is 0.667. The molecule has 118 valence electrons. The average Bonchev–Trinajstić information content (AvgIpc) is 2.89. The van der Waals surface area contributed by atoms with Crippen LogP contribution in [0.3, 0.4) is 0 Å². The van der Waals surface area contributed by atoms with Crippen molar-refractivity contribution in [1.82, 2.24) is 4.90 Å². The fourth-order valence-corrected chi connectivity index (χ4v) is 4.82. The van der Waals surface area contributed by atoms with Gasteiger partial charge in [0, 0.05) is 19.0 Å². The van der Waals surface area contributed by atoms with Crippen molar-refractivity contribution in [3.63, 3.8) is 0 Å². The molecule has 0 radical (unpaired) electrons. The van der Waals surface area contributed by atoms with Crippen LogP contribution in [0, 0.1) is 11.8 Å². The zero-order chi connectivity index (χ0) is 15.5. The molecule has 21 heavy (non-hydrogen) atoms. The fourth-order valence-electron chi connectivity index (χ4n) is 2.67. The van der Waals surface area contributed by atoms with Crippen LogP contribution in [0.4, 0.5) is 0 Å². The summed E-state index contributed by atoms with van der Waals surface area (Å²) in [7, 11) is -2.92. The topological polar surface area (TPSA) is 54.5 Å². The molecule has 2 heterocycles. The standard InChI is InChI=1S/C15H23NO3S2/c1-12(2)9-16(10-13-3-6-20-11-13)15(17)14-4-7-21(18,19)8-5-14/h3,6,11-12,14H,4-5,7-10H2,1-2H3. The summed E-state index contributed by atoms with van der Waals surface area (Å²) >= 11 is 1.63. The van der Waals surface area contributed by atoms with Gasteiger partial charge in [0.25, 0.3) is 0 Å². The van der Waals surface area contributed by atoms with Gasteiger partial charge in [-0.05, 0) is 41.1 Å². The van der Waals surface area contributed by atoms with Crippen molar-refractivity contribution in [3.05, 3.63) is 22.4 Å². The minimum Gasteiger partial charge on any atom is -0.338 e. The Hall–Kier alpha value is -0.880. The van der Waals surface area contributed by atoms with Crippen LogP contribution >= 0.6 is 11.3 Å². The van der Waals surface area contributed by atoms with Gasteiger partial charge in [0.2, 0.25) is 5.91 Å². The summed E-state index contributed by atoms with van der Waals surface area (Å²) in [6, 6.07) is 2.04. The van der Waals surface area contributed by atoms with Crippen LogP contribution in [0.1, 0.15) is 32.3 Å². The van der Waals surface area contributed by atoms with Crippen molar-refractivity contribution in [2.24, 2.45) is 11.8 Å². The van der Waals surface area contributed by atoms with E-state index in [1.807, 2.05) is 16.3 Å². The summed E-state index contributed by atoms with van der Waals surface area (Å²) in [6.07, 6.45) is 0.943. The van der Waals surface area contributed by atoms with E-state index in [0.717, 1.165) is 12.1 Å². The Morgan fingerprint density at radius 1 is 1.38 bits per heavy atom. The first-order valence-corrected chi connectivity index (χ1v) is 10.1. The van der Waals surface area contributed by atoms with Gasteiger partial charge in [-0.15, -0.1) is 0 Å². The van der Waals surface area contributed by atoms with Gasteiger partial charge in [0.05, 0.1) is 11.5 Å². The smallest absolute Gasteiger partial charge is 0.226 e. The largest absolute Gasteiger partial charge is 0.338 e. The summed E-state index contributed by atoms with van der Waals surface area (Å²) in [5.74, 6) is 0.685. The van der Waals surface area contributed by atoms with Crippen molar-refractivity contribution >= 4 is 27.1 Å². The maximum atomic E-state index is 12.7. The Morgan fingerprint density at radius 2 is 2.05 bits per heavy atom. The molecule has 0 unspecified atom stereocenters. The molecule has 1 fully saturated rings. The van der Waals surface area contributed by atoms with Crippen LogP contribution < -0.4 is 0 Å². The molecule has 1 aromatic heterocycles. The van der Waals surface area contributed by atoms with Crippen LogP contribution in [0.15, 0.2) is 16.8 Å². The second-order valence-electron chi connectivity index (χ2n) is 6.17. The Morgan fingerprint density at radius 3 is 2.57 bits per heavy atom. The highest BCUT2D eigenvalue weighted by molar-refractivity contribution is 7.91. The zero-order valence-electron chi connectivity index (χ0n) is 12.6. The molecule has 1 aliphatic rings. The number of carbonyl (C=O) groups is 1. The van der Waals surface area contributed by atoms with Crippen molar-refractivity contribution in [2.45, 2.75) is 33.2 Å². The van der Waals surface area contributed by atoms with E-state index in [2.05, 4.69) is 19.2 Å². The quantitative estimate of drug-likeness (QED) is 0.834. The Kier molecular flexibility index (Phi) is 5.43. The van der Waals surface area contributed by atoms with Gasteiger partial charge in [-0.3, -0.25) is 4.79 Å². The lowest BCUT2D eigenvalue weighted by Gasteiger charge is -2.30. The molecule has 0 N–H and O–H groups in total. The summed E-state index contributed by atoms with van der Waals surface area (Å²) in [6.45, 7) is 5.54. The van der Waals surface area contributed by atoms with E-state index in [-0.39, 0.29) is 23.3 Å². The summed E-state index contributed by atoms with van der Waals surface area (Å²) in [5.41, 5.74) is 1.15. The molecule has 0 aromatic carbocycles. The summed E-state index contributed by atoms with van der Waals surface area (Å²) in [4.78, 5) is 14.6. The van der Waals surface area contributed by atoms with Crippen molar-refractivity contribution in [1.29, 1.82) is 0 Å². The highest BCUT2D eigenvalue weighted by Crippen LogP contribution is 2.23. The lowest BCUT2D eigenvalue weighted by molar-refractivity contribution is -0.137. The van der Waals surface area contributed by atoms with E-state index in [1.165, 1.54) is 0 Å². The maximum absolute atomic E-state index is 12.7. The Balaban J connectivity index is 2.03. The molecule has 0 saturated carbocycles. The predicted octanol–water partition coefficient (Wildman–Crippen LogP) is 2.56. The predicted molar refractivity (Wildman–Crippen MR) is 86.0 cm³/mol. The molecule has 1 aliphatic heterocycles. The third-order valence-electron chi connectivity index (χ3n) is 3.75. The molecular weight excluding hydrogens is 306 g/mol. The van der Waals surface area contributed by atoms with Gasteiger partial charge in [0.1, 0.15) is 9.84 Å². The SMILES string of the molecule is CC(C)CN(Cc1ccsc1)C(=O)C1CCS(=O)(=O)CC1. The normalized spacial score (nSPS) is 18.8. The summed E-state index contributed by atoms with van der Waals surface area (Å²) in [5, 5.41) is 4.08. The second-order valence-corrected chi connectivity index (χ2v) is 9.25. The number of hydrogen-bond donors (Lipinski definition) is 0. The van der Waals surface area contributed by atoms with Crippen LogP contribution in [-0.2, 0) is 21.2 Å². The third kappa shape index (κ3) is 4.81. The van der Waals surface area contributed by atoms with Crippen molar-refractivity contribution in [2.75, 3.05) is 18.1 Å². The Labute approximate surface area is 131 Å². The second kappa shape index (κ2) is 6.92. The monoisotopic (exact) mass is 329 g/mol.